The summed E-state index contributed by atoms with van der Waals surface area (Å²) in [5.41, 5.74) is 4.57. The van der Waals surface area contributed by atoms with Crippen molar-refractivity contribution in [3.8, 4) is 5.75 Å². The van der Waals surface area contributed by atoms with Crippen molar-refractivity contribution in [3.05, 3.63) is 57.6 Å². The molecule has 0 aliphatic heterocycles. The quantitative estimate of drug-likeness (QED) is 0.667. The molecule has 0 atom stereocenters. The van der Waals surface area contributed by atoms with E-state index in [1.54, 1.807) is 12.1 Å². The molecule has 110 valence electrons. The second kappa shape index (κ2) is 6.22. The van der Waals surface area contributed by atoms with Gasteiger partial charge in [-0.3, -0.25) is 4.79 Å². The molecule has 0 spiro atoms. The summed E-state index contributed by atoms with van der Waals surface area (Å²) in [7, 11) is 0. The molecular formula is C15H12BrF2NO2. The van der Waals surface area contributed by atoms with Crippen molar-refractivity contribution in [1.82, 2.24) is 0 Å². The lowest BCUT2D eigenvalue weighted by molar-refractivity contribution is 0.103. The maximum absolute atomic E-state index is 13.9. The van der Waals surface area contributed by atoms with Gasteiger partial charge < -0.3 is 10.5 Å². The molecule has 0 saturated carbocycles. The van der Waals surface area contributed by atoms with Crippen LogP contribution < -0.4 is 10.5 Å². The zero-order chi connectivity index (χ0) is 15.6. The van der Waals surface area contributed by atoms with E-state index in [9.17, 15) is 13.6 Å². The van der Waals surface area contributed by atoms with E-state index in [1.807, 2.05) is 6.92 Å². The molecule has 0 aliphatic carbocycles. The van der Waals surface area contributed by atoms with Crippen molar-refractivity contribution >= 4 is 27.4 Å². The molecule has 3 nitrogen and oxygen atoms in total. The first-order valence-corrected chi connectivity index (χ1v) is 6.95. The van der Waals surface area contributed by atoms with Crippen LogP contribution >= 0.6 is 15.9 Å². The standard InChI is InChI=1S/C15H12BrF2NO2/c1-2-21-8-3-4-9(10(16)7-8)15(20)13-11(17)5-6-12(19)14(13)18/h3-7H,2,19H2,1H3. The highest BCUT2D eigenvalue weighted by Crippen LogP contribution is 2.28. The van der Waals surface area contributed by atoms with Crippen LogP contribution in [0.1, 0.15) is 22.8 Å². The lowest BCUT2D eigenvalue weighted by atomic mass is 10.0. The molecule has 6 heteroatoms. The zero-order valence-electron chi connectivity index (χ0n) is 11.1. The number of carbonyl (C=O) groups is 1. The fourth-order valence-corrected chi connectivity index (χ4v) is 2.39. The third kappa shape index (κ3) is 3.05. The van der Waals surface area contributed by atoms with Crippen molar-refractivity contribution in [2.75, 3.05) is 12.3 Å². The van der Waals surface area contributed by atoms with E-state index >= 15 is 0 Å². The van der Waals surface area contributed by atoms with E-state index in [4.69, 9.17) is 10.5 Å². The first kappa shape index (κ1) is 15.4. The molecule has 0 amide bonds. The van der Waals surface area contributed by atoms with Crippen LogP contribution in [-0.4, -0.2) is 12.4 Å². The largest absolute Gasteiger partial charge is 0.494 e. The Labute approximate surface area is 128 Å². The van der Waals surface area contributed by atoms with Gasteiger partial charge in [0.15, 0.2) is 11.6 Å². The average molecular weight is 356 g/mol. The van der Waals surface area contributed by atoms with Gasteiger partial charge in [0, 0.05) is 10.0 Å². The van der Waals surface area contributed by atoms with E-state index in [1.165, 1.54) is 6.07 Å². The Bertz CT molecular complexity index is 704. The lowest BCUT2D eigenvalue weighted by Gasteiger charge is -2.09. The number of hydrogen-bond donors (Lipinski definition) is 1. The molecule has 0 saturated heterocycles. The van der Waals surface area contributed by atoms with Gasteiger partial charge in [-0.25, -0.2) is 8.78 Å². The fourth-order valence-electron chi connectivity index (χ4n) is 1.85. The summed E-state index contributed by atoms with van der Waals surface area (Å²) in [4.78, 5) is 12.3. The number of anilines is 1. The summed E-state index contributed by atoms with van der Waals surface area (Å²) < 4.78 is 33.3. The van der Waals surface area contributed by atoms with E-state index in [0.717, 1.165) is 12.1 Å². The summed E-state index contributed by atoms with van der Waals surface area (Å²) in [6.45, 7) is 2.29. The third-order valence-electron chi connectivity index (χ3n) is 2.84. The van der Waals surface area contributed by atoms with Gasteiger partial charge >= 0.3 is 0 Å². The van der Waals surface area contributed by atoms with Crippen molar-refractivity contribution in [3.63, 3.8) is 0 Å². The van der Waals surface area contributed by atoms with Crippen LogP contribution in [0, 0.1) is 11.6 Å². The number of halogens is 3. The monoisotopic (exact) mass is 355 g/mol. The second-order valence-corrected chi connectivity index (χ2v) is 5.08. The van der Waals surface area contributed by atoms with E-state index in [-0.39, 0.29) is 11.3 Å². The van der Waals surface area contributed by atoms with Crippen LogP contribution in [0.3, 0.4) is 0 Å². The first-order chi connectivity index (χ1) is 9.95. The van der Waals surface area contributed by atoms with Crippen molar-refractivity contribution in [2.24, 2.45) is 0 Å². The van der Waals surface area contributed by atoms with Crippen LogP contribution in [0.2, 0.25) is 0 Å². The van der Waals surface area contributed by atoms with Crippen molar-refractivity contribution in [2.45, 2.75) is 6.92 Å². The van der Waals surface area contributed by atoms with Crippen molar-refractivity contribution in [1.29, 1.82) is 0 Å². The van der Waals surface area contributed by atoms with Gasteiger partial charge in [-0.2, -0.15) is 0 Å². The van der Waals surface area contributed by atoms with Gasteiger partial charge in [-0.15, -0.1) is 0 Å². The molecule has 2 rings (SSSR count). The van der Waals surface area contributed by atoms with Gasteiger partial charge in [0.2, 0.25) is 0 Å². The Balaban J connectivity index is 2.48. The number of carbonyl (C=O) groups excluding carboxylic acids is 1. The average Bonchev–Trinajstić information content (AvgIpc) is 2.44. The molecule has 2 N–H and O–H groups in total. The molecule has 0 heterocycles. The van der Waals surface area contributed by atoms with Gasteiger partial charge in [0.1, 0.15) is 11.6 Å². The number of hydrogen-bond acceptors (Lipinski definition) is 3. The van der Waals surface area contributed by atoms with E-state index in [2.05, 4.69) is 15.9 Å². The predicted molar refractivity (Wildman–Crippen MR) is 79.5 cm³/mol. The summed E-state index contributed by atoms with van der Waals surface area (Å²) in [5.74, 6) is -2.24. The number of nitrogen functional groups attached to an aromatic ring is 1. The normalized spacial score (nSPS) is 10.5. The molecule has 0 fully saturated rings. The molecule has 0 aliphatic rings. The van der Waals surface area contributed by atoms with Crippen LogP contribution in [0.25, 0.3) is 0 Å². The minimum absolute atomic E-state index is 0.127. The van der Waals surface area contributed by atoms with Crippen LogP contribution in [0.4, 0.5) is 14.5 Å². The van der Waals surface area contributed by atoms with Gasteiger partial charge in [-0.05, 0) is 53.2 Å². The molecule has 0 aromatic heterocycles. The Morgan fingerprint density at radius 3 is 2.62 bits per heavy atom. The number of benzene rings is 2. The molecule has 2 aromatic rings. The van der Waals surface area contributed by atoms with Gasteiger partial charge in [-0.1, -0.05) is 0 Å². The maximum Gasteiger partial charge on any atom is 0.200 e. The molecule has 2 aromatic carbocycles. The highest BCUT2D eigenvalue weighted by atomic mass is 79.9. The Hall–Kier alpha value is -1.95. The Kier molecular flexibility index (Phi) is 4.57. The summed E-state index contributed by atoms with van der Waals surface area (Å²) >= 11 is 3.21. The van der Waals surface area contributed by atoms with Gasteiger partial charge in [0.05, 0.1) is 17.9 Å². The van der Waals surface area contributed by atoms with Gasteiger partial charge in [0.25, 0.3) is 0 Å². The minimum Gasteiger partial charge on any atom is -0.494 e. The molecule has 0 bridgehead atoms. The highest BCUT2D eigenvalue weighted by molar-refractivity contribution is 9.10. The number of ether oxygens (including phenoxy) is 1. The smallest absolute Gasteiger partial charge is 0.200 e. The van der Waals surface area contributed by atoms with Crippen LogP contribution in [0.15, 0.2) is 34.8 Å². The molecular weight excluding hydrogens is 344 g/mol. The summed E-state index contributed by atoms with van der Waals surface area (Å²) in [6.07, 6.45) is 0. The summed E-state index contributed by atoms with van der Waals surface area (Å²) in [6, 6.07) is 6.62. The molecule has 0 radical (unpaired) electrons. The second-order valence-electron chi connectivity index (χ2n) is 4.23. The molecule has 21 heavy (non-hydrogen) atoms. The SMILES string of the molecule is CCOc1ccc(C(=O)c2c(F)ccc(N)c2F)c(Br)c1. The summed E-state index contributed by atoms with van der Waals surface area (Å²) in [5, 5.41) is 0. The van der Waals surface area contributed by atoms with Crippen LogP contribution in [-0.2, 0) is 0 Å². The minimum atomic E-state index is -1.05. The Morgan fingerprint density at radius 2 is 2.00 bits per heavy atom. The topological polar surface area (TPSA) is 52.3 Å². The predicted octanol–water partition coefficient (Wildman–Crippen LogP) is 3.94. The molecule has 0 unspecified atom stereocenters. The number of nitrogens with two attached hydrogens (primary N) is 1. The highest BCUT2D eigenvalue weighted by Gasteiger charge is 2.22. The third-order valence-corrected chi connectivity index (χ3v) is 3.50. The van der Waals surface area contributed by atoms with E-state index in [0.29, 0.717) is 16.8 Å². The Morgan fingerprint density at radius 1 is 1.29 bits per heavy atom. The number of rotatable bonds is 4. The first-order valence-electron chi connectivity index (χ1n) is 6.16. The maximum atomic E-state index is 13.9. The van der Waals surface area contributed by atoms with E-state index < -0.39 is 23.0 Å². The fraction of sp³-hybridized carbons (Fsp3) is 0.133. The zero-order valence-corrected chi connectivity index (χ0v) is 12.7. The lowest BCUT2D eigenvalue weighted by Crippen LogP contribution is -2.10. The van der Waals surface area contributed by atoms with Crippen LogP contribution in [0.5, 0.6) is 5.75 Å². The van der Waals surface area contributed by atoms with Crippen molar-refractivity contribution < 1.29 is 18.3 Å². The number of ketones is 1.